The second-order valence-corrected chi connectivity index (χ2v) is 5.79. The lowest BCUT2D eigenvalue weighted by Gasteiger charge is -2.13. The van der Waals surface area contributed by atoms with Crippen molar-refractivity contribution in [2.45, 2.75) is 25.6 Å². The van der Waals surface area contributed by atoms with Gasteiger partial charge in [-0.1, -0.05) is 30.3 Å². The van der Waals surface area contributed by atoms with Crippen LogP contribution in [0.15, 0.2) is 35.3 Å². The lowest BCUT2D eigenvalue weighted by atomic mass is 10.2. The summed E-state index contributed by atoms with van der Waals surface area (Å²) in [6, 6.07) is 8.64. The maximum atomic E-state index is 11.8. The Kier molecular flexibility index (Phi) is 5.83. The Hall–Kier alpha value is -2.02. The lowest BCUT2D eigenvalue weighted by molar-refractivity contribution is -0.141. The summed E-state index contributed by atoms with van der Waals surface area (Å²) in [7, 11) is 1.34. The van der Waals surface area contributed by atoms with Crippen molar-refractivity contribution in [3.8, 4) is 0 Å². The molecule has 0 saturated heterocycles. The lowest BCUT2D eigenvalue weighted by Crippen LogP contribution is -2.37. The van der Waals surface area contributed by atoms with E-state index in [0.717, 1.165) is 5.56 Å². The predicted molar refractivity (Wildman–Crippen MR) is 84.9 cm³/mol. The van der Waals surface area contributed by atoms with Crippen LogP contribution >= 0.6 is 11.8 Å². The number of rotatable bonds is 5. The summed E-state index contributed by atoms with van der Waals surface area (Å²) in [6.07, 6.45) is -0.513. The Labute approximate surface area is 133 Å². The van der Waals surface area contributed by atoms with Gasteiger partial charge in [0.2, 0.25) is 0 Å². The third-order valence-electron chi connectivity index (χ3n) is 3.06. The summed E-state index contributed by atoms with van der Waals surface area (Å²) in [5.41, 5.74) is 0.920. The van der Waals surface area contributed by atoms with E-state index in [2.05, 4.69) is 15.0 Å². The van der Waals surface area contributed by atoms with Gasteiger partial charge in [-0.15, -0.1) is 11.8 Å². The highest BCUT2D eigenvalue weighted by Crippen LogP contribution is 2.21. The van der Waals surface area contributed by atoms with E-state index in [1.165, 1.54) is 18.9 Å². The van der Waals surface area contributed by atoms with Gasteiger partial charge in [0.15, 0.2) is 6.04 Å². The highest BCUT2D eigenvalue weighted by molar-refractivity contribution is 8.14. The number of aliphatic imine (C=N–C) groups is 1. The number of esters is 1. The molecule has 1 aliphatic rings. The normalized spacial score (nSPS) is 18.3. The number of thioether (sulfide) groups is 1. The van der Waals surface area contributed by atoms with Gasteiger partial charge < -0.3 is 14.8 Å². The van der Waals surface area contributed by atoms with Crippen molar-refractivity contribution < 1.29 is 19.1 Å². The molecule has 0 radical (unpaired) electrons. The van der Waals surface area contributed by atoms with Crippen LogP contribution in [0.2, 0.25) is 0 Å². The molecule has 0 unspecified atom stereocenters. The zero-order valence-corrected chi connectivity index (χ0v) is 13.3. The molecule has 1 amide bonds. The first kappa shape index (κ1) is 16.4. The molecular weight excluding hydrogens is 304 g/mol. The van der Waals surface area contributed by atoms with E-state index in [9.17, 15) is 9.59 Å². The summed E-state index contributed by atoms with van der Waals surface area (Å²) in [4.78, 5) is 27.4. The SMILES string of the molecule is COC(=O)[C@@H]1CSC([C@H](C)NC(=O)OCc2ccccc2)=N1. The smallest absolute Gasteiger partial charge is 0.408 e. The van der Waals surface area contributed by atoms with Crippen molar-refractivity contribution in [1.82, 2.24) is 5.32 Å². The fraction of sp³-hybridized carbons (Fsp3) is 0.400. The number of nitrogens with one attached hydrogen (secondary N) is 1. The van der Waals surface area contributed by atoms with E-state index in [0.29, 0.717) is 10.8 Å². The predicted octanol–water partition coefficient (Wildman–Crippen LogP) is 1.99. The van der Waals surface area contributed by atoms with Crippen LogP contribution in [0, 0.1) is 0 Å². The van der Waals surface area contributed by atoms with Crippen LogP contribution in [0.5, 0.6) is 0 Å². The van der Waals surface area contributed by atoms with E-state index in [1.807, 2.05) is 30.3 Å². The molecular formula is C15H18N2O4S. The zero-order chi connectivity index (χ0) is 15.9. The van der Waals surface area contributed by atoms with E-state index in [4.69, 9.17) is 4.74 Å². The van der Waals surface area contributed by atoms with E-state index in [1.54, 1.807) is 6.92 Å². The summed E-state index contributed by atoms with van der Waals surface area (Å²) in [5.74, 6) is 0.175. The van der Waals surface area contributed by atoms with Gasteiger partial charge in [-0.3, -0.25) is 4.99 Å². The number of hydrogen-bond donors (Lipinski definition) is 1. The molecule has 1 aliphatic heterocycles. The molecule has 22 heavy (non-hydrogen) atoms. The molecule has 0 saturated carbocycles. The van der Waals surface area contributed by atoms with Crippen molar-refractivity contribution in [1.29, 1.82) is 0 Å². The van der Waals surface area contributed by atoms with Crippen molar-refractivity contribution in [3.05, 3.63) is 35.9 Å². The first-order valence-electron chi connectivity index (χ1n) is 6.85. The molecule has 1 N–H and O–H groups in total. The Balaban J connectivity index is 1.80. The van der Waals surface area contributed by atoms with Crippen molar-refractivity contribution in [2.24, 2.45) is 4.99 Å². The van der Waals surface area contributed by atoms with Gasteiger partial charge in [0.1, 0.15) is 6.61 Å². The fourth-order valence-electron chi connectivity index (χ4n) is 1.89. The molecule has 1 aromatic rings. The second kappa shape index (κ2) is 7.84. The number of methoxy groups -OCH3 is 1. The quantitative estimate of drug-likeness (QED) is 0.839. The molecule has 7 heteroatoms. The maximum absolute atomic E-state index is 11.8. The minimum absolute atomic E-state index is 0.212. The summed E-state index contributed by atoms with van der Waals surface area (Å²) < 4.78 is 9.81. The first-order valence-corrected chi connectivity index (χ1v) is 7.84. The van der Waals surface area contributed by atoms with E-state index < -0.39 is 12.1 Å². The monoisotopic (exact) mass is 322 g/mol. The third kappa shape index (κ3) is 4.49. The minimum atomic E-state index is -0.513. The third-order valence-corrected chi connectivity index (χ3v) is 4.30. The molecule has 1 heterocycles. The number of hydrogen-bond acceptors (Lipinski definition) is 6. The Bertz CT molecular complexity index is 562. The molecule has 0 bridgehead atoms. The molecule has 2 atom stereocenters. The number of carbonyl (C=O) groups excluding carboxylic acids is 2. The zero-order valence-electron chi connectivity index (χ0n) is 12.4. The van der Waals surface area contributed by atoms with Gasteiger partial charge in [-0.25, -0.2) is 9.59 Å². The average Bonchev–Trinajstić information content (AvgIpc) is 3.03. The van der Waals surface area contributed by atoms with E-state index in [-0.39, 0.29) is 18.6 Å². The summed E-state index contributed by atoms with van der Waals surface area (Å²) in [6.45, 7) is 2.01. The van der Waals surface area contributed by atoms with Crippen LogP contribution in [0.4, 0.5) is 4.79 Å². The van der Waals surface area contributed by atoms with Gasteiger partial charge in [-0.2, -0.15) is 0 Å². The first-order chi connectivity index (χ1) is 10.6. The number of nitrogens with zero attached hydrogens (tertiary/aromatic N) is 1. The van der Waals surface area contributed by atoms with Gasteiger partial charge in [0.25, 0.3) is 0 Å². The Morgan fingerprint density at radius 1 is 1.41 bits per heavy atom. The van der Waals surface area contributed by atoms with Crippen molar-refractivity contribution >= 4 is 28.9 Å². The highest BCUT2D eigenvalue weighted by atomic mass is 32.2. The number of ether oxygens (including phenoxy) is 2. The van der Waals surface area contributed by atoms with Crippen LogP contribution in [0.3, 0.4) is 0 Å². The standard InChI is InChI=1S/C15H18N2O4S/c1-10(13-17-12(9-22-13)14(18)20-2)16-15(19)21-8-11-6-4-3-5-7-11/h3-7,10,12H,8-9H2,1-2H3,(H,16,19)/t10-,12-/m0/s1. The maximum Gasteiger partial charge on any atom is 0.408 e. The van der Waals surface area contributed by atoms with Gasteiger partial charge >= 0.3 is 12.1 Å². The second-order valence-electron chi connectivity index (χ2n) is 4.75. The Morgan fingerprint density at radius 2 is 2.14 bits per heavy atom. The number of amides is 1. The van der Waals surface area contributed by atoms with Crippen molar-refractivity contribution in [2.75, 3.05) is 12.9 Å². The molecule has 0 aliphatic carbocycles. The summed E-state index contributed by atoms with van der Waals surface area (Å²) >= 11 is 1.44. The van der Waals surface area contributed by atoms with Crippen LogP contribution in [-0.4, -0.2) is 42.1 Å². The molecule has 0 aromatic heterocycles. The molecule has 1 aromatic carbocycles. The van der Waals surface area contributed by atoms with Gasteiger partial charge in [-0.05, 0) is 12.5 Å². The fourth-order valence-corrected chi connectivity index (χ4v) is 2.94. The minimum Gasteiger partial charge on any atom is -0.467 e. The van der Waals surface area contributed by atoms with Crippen LogP contribution in [0.1, 0.15) is 12.5 Å². The molecule has 6 nitrogen and oxygen atoms in total. The van der Waals surface area contributed by atoms with Crippen LogP contribution < -0.4 is 5.32 Å². The number of alkyl carbamates (subject to hydrolysis) is 1. The molecule has 0 spiro atoms. The van der Waals surface area contributed by atoms with Gasteiger partial charge in [0, 0.05) is 5.75 Å². The molecule has 0 fully saturated rings. The van der Waals surface area contributed by atoms with E-state index >= 15 is 0 Å². The number of benzene rings is 1. The average molecular weight is 322 g/mol. The van der Waals surface area contributed by atoms with Crippen LogP contribution in [0.25, 0.3) is 0 Å². The largest absolute Gasteiger partial charge is 0.467 e. The van der Waals surface area contributed by atoms with Crippen LogP contribution in [-0.2, 0) is 20.9 Å². The molecule has 2 rings (SSSR count). The Morgan fingerprint density at radius 3 is 2.82 bits per heavy atom. The van der Waals surface area contributed by atoms with Crippen molar-refractivity contribution in [3.63, 3.8) is 0 Å². The van der Waals surface area contributed by atoms with Gasteiger partial charge in [0.05, 0.1) is 18.2 Å². The molecule has 118 valence electrons. The number of carbonyl (C=O) groups is 2. The topological polar surface area (TPSA) is 77.0 Å². The highest BCUT2D eigenvalue weighted by Gasteiger charge is 2.28. The summed E-state index contributed by atoms with van der Waals surface area (Å²) in [5, 5.41) is 3.41.